The normalized spacial score (nSPS) is 21.9. The molecule has 176 valence electrons. The van der Waals surface area contributed by atoms with E-state index in [-0.39, 0.29) is 11.9 Å². The van der Waals surface area contributed by atoms with E-state index >= 15 is 0 Å². The van der Waals surface area contributed by atoms with Crippen molar-refractivity contribution in [3.8, 4) is 5.75 Å². The predicted octanol–water partition coefficient (Wildman–Crippen LogP) is 3.81. The van der Waals surface area contributed by atoms with Crippen LogP contribution in [0.25, 0.3) is 10.8 Å². The van der Waals surface area contributed by atoms with Gasteiger partial charge in [0.2, 0.25) is 5.91 Å². The van der Waals surface area contributed by atoms with Gasteiger partial charge in [-0.15, -0.1) is 0 Å². The summed E-state index contributed by atoms with van der Waals surface area (Å²) in [6.45, 7) is 3.62. The molecule has 3 heterocycles. The van der Waals surface area contributed by atoms with Crippen LogP contribution in [-0.2, 0) is 4.79 Å². The molecule has 0 aliphatic carbocycles. The number of pyridine rings is 1. The number of nitrogens with zero attached hydrogens (tertiary/aromatic N) is 2. The summed E-state index contributed by atoms with van der Waals surface area (Å²) < 4.78 is 6.13. The van der Waals surface area contributed by atoms with E-state index in [4.69, 9.17) is 10.5 Å². The minimum Gasteiger partial charge on any atom is -0.478 e. The molecule has 3 aromatic rings. The van der Waals surface area contributed by atoms with Crippen LogP contribution in [0.3, 0.4) is 0 Å². The van der Waals surface area contributed by atoms with Gasteiger partial charge in [-0.1, -0.05) is 30.3 Å². The molecule has 2 fully saturated rings. The van der Waals surface area contributed by atoms with Crippen molar-refractivity contribution in [2.24, 2.45) is 5.73 Å². The minimum absolute atomic E-state index is 0.0885. The van der Waals surface area contributed by atoms with E-state index in [1.54, 1.807) is 6.07 Å². The highest BCUT2D eigenvalue weighted by Gasteiger charge is 2.43. The smallest absolute Gasteiger partial charge is 0.263 e. The number of fused-ring (bicyclic) bond motifs is 3. The van der Waals surface area contributed by atoms with Crippen LogP contribution in [0.5, 0.6) is 5.75 Å². The van der Waals surface area contributed by atoms with E-state index in [9.17, 15) is 9.59 Å². The first-order valence-electron chi connectivity index (χ1n) is 11.8. The molecule has 2 unspecified atom stereocenters. The first-order chi connectivity index (χ1) is 16.3. The second kappa shape index (κ2) is 8.63. The Morgan fingerprint density at radius 3 is 2.38 bits per heavy atom. The van der Waals surface area contributed by atoms with Gasteiger partial charge in [0.15, 0.2) is 5.60 Å². The van der Waals surface area contributed by atoms with Gasteiger partial charge < -0.3 is 20.7 Å². The quantitative estimate of drug-likeness (QED) is 0.585. The van der Waals surface area contributed by atoms with Gasteiger partial charge in [0.1, 0.15) is 11.6 Å². The van der Waals surface area contributed by atoms with Gasteiger partial charge >= 0.3 is 0 Å². The van der Waals surface area contributed by atoms with Gasteiger partial charge in [-0.2, -0.15) is 0 Å². The van der Waals surface area contributed by atoms with Crippen LogP contribution in [0.1, 0.15) is 49.9 Å². The molecule has 1 aromatic heterocycles. The Labute approximate surface area is 199 Å². The Bertz CT molecular complexity index is 1210. The number of hydrogen-bond acceptors (Lipinski definition) is 5. The van der Waals surface area contributed by atoms with Crippen molar-refractivity contribution in [2.45, 2.75) is 63.3 Å². The number of carbonyl (C=O) groups excluding carboxylic acids is 2. The Hall–Kier alpha value is -3.61. The highest BCUT2D eigenvalue weighted by Crippen LogP contribution is 2.38. The van der Waals surface area contributed by atoms with Crippen LogP contribution in [0.4, 0.5) is 5.82 Å². The van der Waals surface area contributed by atoms with E-state index in [0.717, 1.165) is 42.3 Å². The summed E-state index contributed by atoms with van der Waals surface area (Å²) in [5, 5.41) is 5.46. The Kier molecular flexibility index (Phi) is 5.63. The molecular formula is C27H30N4O3. The van der Waals surface area contributed by atoms with Crippen LogP contribution >= 0.6 is 0 Å². The number of rotatable bonds is 6. The van der Waals surface area contributed by atoms with Gasteiger partial charge in [-0.25, -0.2) is 4.98 Å². The maximum Gasteiger partial charge on any atom is 0.263 e. The minimum atomic E-state index is -0.995. The molecule has 2 bridgehead atoms. The van der Waals surface area contributed by atoms with Crippen molar-refractivity contribution in [1.82, 2.24) is 10.3 Å². The molecule has 2 aromatic carbocycles. The van der Waals surface area contributed by atoms with Crippen molar-refractivity contribution in [1.29, 1.82) is 0 Å². The summed E-state index contributed by atoms with van der Waals surface area (Å²) in [7, 11) is 0. The van der Waals surface area contributed by atoms with Crippen LogP contribution in [-0.4, -0.2) is 40.5 Å². The maximum atomic E-state index is 13.2. The summed E-state index contributed by atoms with van der Waals surface area (Å²) >= 11 is 0. The molecular weight excluding hydrogens is 428 g/mol. The zero-order valence-corrected chi connectivity index (χ0v) is 19.5. The lowest BCUT2D eigenvalue weighted by Gasteiger charge is -2.40. The van der Waals surface area contributed by atoms with Gasteiger partial charge in [-0.3, -0.25) is 9.59 Å². The first kappa shape index (κ1) is 22.2. The number of aromatic nitrogens is 1. The topological polar surface area (TPSA) is 97.5 Å². The molecule has 7 nitrogen and oxygen atoms in total. The molecule has 0 radical (unpaired) electrons. The SMILES string of the molecule is CC(C)(Oc1ccc2ccccc2c1)C(=O)NC1CC2CCC(C1)N2c1ccc(C(N)=O)cn1. The number of benzene rings is 2. The molecule has 2 atom stereocenters. The highest BCUT2D eigenvalue weighted by molar-refractivity contribution is 5.92. The number of amides is 2. The Morgan fingerprint density at radius 2 is 1.74 bits per heavy atom. The van der Waals surface area contributed by atoms with Crippen LogP contribution in [0.15, 0.2) is 60.8 Å². The van der Waals surface area contributed by atoms with E-state index in [2.05, 4.69) is 21.3 Å². The molecule has 34 heavy (non-hydrogen) atoms. The van der Waals surface area contributed by atoms with Gasteiger partial charge in [0, 0.05) is 24.3 Å². The van der Waals surface area contributed by atoms with Gasteiger partial charge in [-0.05, 0) is 74.6 Å². The summed E-state index contributed by atoms with van der Waals surface area (Å²) in [6.07, 6.45) is 5.37. The standard InChI is InChI=1S/C27H30N4O3/c1-27(2,34-23-11-7-17-5-3-4-6-18(17)13-23)26(33)30-20-14-21-9-10-22(15-20)31(21)24-12-8-19(16-29-24)25(28)32/h3-8,11-13,16,20-22H,9-10,14-15H2,1-2H3,(H2,28,32)(H,30,33). The van der Waals surface area contributed by atoms with E-state index in [0.29, 0.717) is 23.4 Å². The monoisotopic (exact) mass is 458 g/mol. The molecule has 0 spiro atoms. The zero-order chi connectivity index (χ0) is 23.9. The summed E-state index contributed by atoms with van der Waals surface area (Å²) in [6, 6.07) is 18.3. The van der Waals surface area contributed by atoms with E-state index in [1.165, 1.54) is 6.20 Å². The zero-order valence-electron chi connectivity index (χ0n) is 19.5. The van der Waals surface area contributed by atoms with Crippen molar-refractivity contribution >= 4 is 28.4 Å². The molecule has 0 saturated carbocycles. The van der Waals surface area contributed by atoms with Gasteiger partial charge in [0.25, 0.3) is 5.91 Å². The van der Waals surface area contributed by atoms with Crippen LogP contribution in [0.2, 0.25) is 0 Å². The average molecular weight is 459 g/mol. The fraction of sp³-hybridized carbons (Fsp3) is 0.370. The van der Waals surface area contributed by atoms with Crippen LogP contribution < -0.4 is 20.7 Å². The largest absolute Gasteiger partial charge is 0.478 e. The summed E-state index contributed by atoms with van der Waals surface area (Å²) in [5.74, 6) is 0.959. The number of piperidine rings is 1. The molecule has 7 heteroatoms. The lowest BCUT2D eigenvalue weighted by Crippen LogP contribution is -2.55. The fourth-order valence-electron chi connectivity index (χ4n) is 5.28. The fourth-order valence-corrected chi connectivity index (χ4v) is 5.28. The van der Waals surface area contributed by atoms with Gasteiger partial charge in [0.05, 0.1) is 5.56 Å². The molecule has 5 rings (SSSR count). The lowest BCUT2D eigenvalue weighted by molar-refractivity contribution is -0.135. The lowest BCUT2D eigenvalue weighted by atomic mass is 9.96. The molecule has 2 aliphatic heterocycles. The number of nitrogens with two attached hydrogens (primary N) is 1. The van der Waals surface area contributed by atoms with Crippen molar-refractivity contribution in [3.63, 3.8) is 0 Å². The highest BCUT2D eigenvalue weighted by atomic mass is 16.5. The third-order valence-electron chi connectivity index (χ3n) is 7.01. The van der Waals surface area contributed by atoms with Crippen molar-refractivity contribution < 1.29 is 14.3 Å². The number of hydrogen-bond donors (Lipinski definition) is 2. The van der Waals surface area contributed by atoms with E-state index < -0.39 is 11.5 Å². The second-order valence-electron chi connectivity index (χ2n) is 9.82. The third-order valence-corrected chi connectivity index (χ3v) is 7.01. The number of ether oxygens (including phenoxy) is 1. The average Bonchev–Trinajstić information content (AvgIpc) is 3.08. The molecule has 3 N–H and O–H groups in total. The number of anilines is 1. The molecule has 2 amide bonds. The number of primary amides is 1. The second-order valence-corrected chi connectivity index (χ2v) is 9.82. The Balaban J connectivity index is 1.23. The summed E-state index contributed by atoms with van der Waals surface area (Å²) in [4.78, 5) is 31.3. The van der Waals surface area contributed by atoms with Crippen molar-refractivity contribution in [3.05, 3.63) is 66.4 Å². The van der Waals surface area contributed by atoms with Crippen molar-refractivity contribution in [2.75, 3.05) is 4.90 Å². The third kappa shape index (κ3) is 4.30. The predicted molar refractivity (Wildman–Crippen MR) is 132 cm³/mol. The van der Waals surface area contributed by atoms with E-state index in [1.807, 2.05) is 56.3 Å². The summed E-state index contributed by atoms with van der Waals surface area (Å²) in [5.41, 5.74) is 4.75. The number of nitrogens with one attached hydrogen (secondary N) is 1. The molecule has 2 saturated heterocycles. The van der Waals surface area contributed by atoms with Crippen LogP contribution in [0, 0.1) is 0 Å². The maximum absolute atomic E-state index is 13.2. The number of carbonyl (C=O) groups is 2. The Morgan fingerprint density at radius 1 is 1.03 bits per heavy atom. The first-order valence-corrected chi connectivity index (χ1v) is 11.8. The molecule has 2 aliphatic rings.